The molecule has 2 amide bonds. The summed E-state index contributed by atoms with van der Waals surface area (Å²) in [6.07, 6.45) is 4.60. The molecule has 1 aliphatic rings. The number of carbonyl (C=O) groups is 2. The van der Waals surface area contributed by atoms with Gasteiger partial charge in [-0.05, 0) is 61.6 Å². The predicted molar refractivity (Wildman–Crippen MR) is 139 cm³/mol. The largest absolute Gasteiger partial charge is 0.492 e. The van der Waals surface area contributed by atoms with Crippen LogP contribution in [0.4, 0.5) is 0 Å². The zero-order chi connectivity index (χ0) is 28.1. The molecule has 0 bridgehead atoms. The maximum absolute atomic E-state index is 12.9. The zero-order valence-corrected chi connectivity index (χ0v) is 22.6. The minimum Gasteiger partial charge on any atom is -0.492 e. The number of amides is 2. The van der Waals surface area contributed by atoms with E-state index < -0.39 is 50.4 Å². The van der Waals surface area contributed by atoms with E-state index in [1.165, 1.54) is 18.6 Å². The van der Waals surface area contributed by atoms with E-state index in [-0.39, 0.29) is 11.1 Å². The molecule has 1 fully saturated rings. The Morgan fingerprint density at radius 2 is 1.66 bits per heavy atom. The number of ether oxygens (including phenoxy) is 2. The summed E-state index contributed by atoms with van der Waals surface area (Å²) in [5.74, 6) is -1.04. The first-order valence-electron chi connectivity index (χ1n) is 12.0. The molecule has 0 saturated heterocycles. The molecule has 0 aromatic heterocycles. The number of carbonyl (C=O) groups excluding carboxylic acids is 2. The molecule has 208 valence electrons. The lowest BCUT2D eigenvalue weighted by Gasteiger charge is -2.22. The van der Waals surface area contributed by atoms with E-state index in [0.717, 1.165) is 37.8 Å². The van der Waals surface area contributed by atoms with Crippen LogP contribution in [0.1, 0.15) is 71.3 Å². The summed E-state index contributed by atoms with van der Waals surface area (Å²) in [6.45, 7) is 2.14. The van der Waals surface area contributed by atoms with Crippen LogP contribution in [0.5, 0.6) is 11.5 Å². The second-order valence-electron chi connectivity index (χ2n) is 9.29. The third kappa shape index (κ3) is 8.39. The van der Waals surface area contributed by atoms with Crippen molar-refractivity contribution in [2.45, 2.75) is 45.1 Å². The summed E-state index contributed by atoms with van der Waals surface area (Å²) in [5, 5.41) is 1.99. The fourth-order valence-electron chi connectivity index (χ4n) is 4.22. The van der Waals surface area contributed by atoms with Crippen LogP contribution in [0.15, 0.2) is 36.4 Å². The Bertz CT molecular complexity index is 1270. The van der Waals surface area contributed by atoms with E-state index >= 15 is 0 Å². The fourth-order valence-corrected chi connectivity index (χ4v) is 5.26. The highest BCUT2D eigenvalue weighted by Crippen LogP contribution is 2.40. The van der Waals surface area contributed by atoms with E-state index in [0.29, 0.717) is 23.8 Å². The summed E-state index contributed by atoms with van der Waals surface area (Å²) in [5.41, 5.74) is 6.17. The number of hydrogen-bond donors (Lipinski definition) is 6. The molecule has 1 unspecified atom stereocenters. The van der Waals surface area contributed by atoms with Gasteiger partial charge in [-0.25, -0.2) is 0 Å². The normalized spacial score (nSPS) is 15.5. The molecule has 14 heteroatoms. The molecule has 12 nitrogen and oxygen atoms in total. The van der Waals surface area contributed by atoms with E-state index in [1.54, 1.807) is 19.1 Å². The van der Waals surface area contributed by atoms with Crippen molar-refractivity contribution < 1.29 is 47.8 Å². The third-order valence-corrected chi connectivity index (χ3v) is 7.68. The molecule has 1 aliphatic carbocycles. The average Bonchev–Trinajstić information content (AvgIpc) is 2.85. The SMILES string of the molecule is CC(NC(=O)c1ccc(OCP(=O)(O)O)c(P(=O)(O)O)c1)c1ccc(OCC2CCCCC2)c(C(N)=O)c1. The fraction of sp³-hybridized carbons (Fsp3) is 0.417. The van der Waals surface area contributed by atoms with Gasteiger partial charge < -0.3 is 40.1 Å². The molecule has 0 heterocycles. The van der Waals surface area contributed by atoms with Gasteiger partial charge in [-0.3, -0.25) is 18.7 Å². The molecule has 38 heavy (non-hydrogen) atoms. The predicted octanol–water partition coefficient (Wildman–Crippen LogP) is 2.55. The van der Waals surface area contributed by atoms with Gasteiger partial charge in [-0.1, -0.05) is 25.3 Å². The minimum atomic E-state index is -4.96. The minimum absolute atomic E-state index is 0.124. The Morgan fingerprint density at radius 3 is 2.26 bits per heavy atom. The highest BCUT2D eigenvalue weighted by atomic mass is 31.2. The van der Waals surface area contributed by atoms with Gasteiger partial charge in [0.25, 0.3) is 11.8 Å². The van der Waals surface area contributed by atoms with Crippen LogP contribution in [0.3, 0.4) is 0 Å². The maximum atomic E-state index is 12.9. The first-order valence-corrected chi connectivity index (χ1v) is 15.4. The van der Waals surface area contributed by atoms with Crippen LogP contribution in [-0.4, -0.2) is 44.3 Å². The first kappa shape index (κ1) is 29.8. The van der Waals surface area contributed by atoms with Gasteiger partial charge in [0.15, 0.2) is 6.35 Å². The van der Waals surface area contributed by atoms with E-state index in [1.807, 2.05) is 0 Å². The Morgan fingerprint density at radius 1 is 1.00 bits per heavy atom. The van der Waals surface area contributed by atoms with Crippen LogP contribution in [0.2, 0.25) is 0 Å². The summed E-state index contributed by atoms with van der Waals surface area (Å²) in [4.78, 5) is 62.2. The van der Waals surface area contributed by atoms with Crippen molar-refractivity contribution >= 4 is 32.3 Å². The highest BCUT2D eigenvalue weighted by Gasteiger charge is 2.27. The number of primary amides is 1. The summed E-state index contributed by atoms with van der Waals surface area (Å²) < 4.78 is 33.8. The molecule has 2 aromatic carbocycles. The molecule has 3 rings (SSSR count). The standard InChI is InChI=1S/C24H32N2O10P2/c1-15(17-7-9-20(19(11-17)23(25)27)35-13-16-5-3-2-4-6-16)26-24(28)18-8-10-21(36-14-37(29,30)31)22(12-18)38(32,33)34/h7-12,15-16H,2-6,13-14H2,1H3,(H2,25,27)(H,26,28)(H2,29,30,31)(H2,32,33,34). The van der Waals surface area contributed by atoms with Crippen LogP contribution in [0, 0.1) is 5.92 Å². The second-order valence-corrected chi connectivity index (χ2v) is 12.5. The number of rotatable bonds is 11. The summed E-state index contributed by atoms with van der Waals surface area (Å²) >= 11 is 0. The van der Waals surface area contributed by atoms with E-state index in [4.69, 9.17) is 25.0 Å². The quantitative estimate of drug-likeness (QED) is 0.218. The zero-order valence-electron chi connectivity index (χ0n) is 20.8. The number of nitrogens with two attached hydrogens (primary N) is 1. The molecular formula is C24H32N2O10P2. The first-order chi connectivity index (χ1) is 17.7. The average molecular weight is 570 g/mol. The van der Waals surface area contributed by atoms with Gasteiger partial charge in [0.2, 0.25) is 0 Å². The van der Waals surface area contributed by atoms with Gasteiger partial charge in [-0.2, -0.15) is 0 Å². The lowest BCUT2D eigenvalue weighted by atomic mass is 9.90. The van der Waals surface area contributed by atoms with E-state index in [9.17, 15) is 28.5 Å². The summed E-state index contributed by atoms with van der Waals surface area (Å²) in [6, 6.07) is 7.36. The number of benzene rings is 2. The van der Waals surface area contributed by atoms with Crippen molar-refractivity contribution in [3.63, 3.8) is 0 Å². The smallest absolute Gasteiger partial charge is 0.362 e. The molecule has 2 aromatic rings. The van der Waals surface area contributed by atoms with Crippen molar-refractivity contribution in [3.8, 4) is 11.5 Å². The van der Waals surface area contributed by atoms with Crippen molar-refractivity contribution in [1.29, 1.82) is 0 Å². The van der Waals surface area contributed by atoms with Gasteiger partial charge in [0.05, 0.1) is 18.2 Å². The summed E-state index contributed by atoms with van der Waals surface area (Å²) in [7, 11) is -9.57. The van der Waals surface area contributed by atoms with Crippen LogP contribution in [0.25, 0.3) is 0 Å². The molecule has 7 N–H and O–H groups in total. The van der Waals surface area contributed by atoms with Crippen molar-refractivity contribution in [3.05, 3.63) is 53.1 Å². The molecular weight excluding hydrogens is 538 g/mol. The lowest BCUT2D eigenvalue weighted by Crippen LogP contribution is -2.28. The number of hydrogen-bond acceptors (Lipinski definition) is 6. The van der Waals surface area contributed by atoms with Gasteiger partial charge in [0.1, 0.15) is 16.8 Å². The van der Waals surface area contributed by atoms with Crippen molar-refractivity contribution in [2.75, 3.05) is 13.0 Å². The van der Waals surface area contributed by atoms with Gasteiger partial charge in [0, 0.05) is 5.56 Å². The van der Waals surface area contributed by atoms with Crippen LogP contribution >= 0.6 is 15.2 Å². The highest BCUT2D eigenvalue weighted by molar-refractivity contribution is 7.60. The molecule has 0 spiro atoms. The van der Waals surface area contributed by atoms with Crippen LogP contribution in [-0.2, 0) is 9.13 Å². The van der Waals surface area contributed by atoms with Gasteiger partial charge >= 0.3 is 15.2 Å². The maximum Gasteiger partial charge on any atom is 0.362 e. The molecule has 0 radical (unpaired) electrons. The van der Waals surface area contributed by atoms with Crippen molar-refractivity contribution in [2.24, 2.45) is 11.7 Å². The Hall–Kier alpha value is -2.72. The third-order valence-electron chi connectivity index (χ3n) is 6.24. The molecule has 0 aliphatic heterocycles. The van der Waals surface area contributed by atoms with Crippen LogP contribution < -0.4 is 25.8 Å². The van der Waals surface area contributed by atoms with E-state index in [2.05, 4.69) is 5.32 Å². The Balaban J connectivity index is 1.75. The number of nitrogens with one attached hydrogen (secondary N) is 1. The lowest BCUT2D eigenvalue weighted by molar-refractivity contribution is 0.0939. The Labute approximate surface area is 219 Å². The molecule has 1 saturated carbocycles. The van der Waals surface area contributed by atoms with Gasteiger partial charge in [-0.15, -0.1) is 0 Å². The second kappa shape index (κ2) is 12.4. The monoisotopic (exact) mass is 570 g/mol. The molecule has 1 atom stereocenters. The van der Waals surface area contributed by atoms with Crippen molar-refractivity contribution in [1.82, 2.24) is 5.32 Å². The topological polar surface area (TPSA) is 206 Å². The Kier molecular flexibility index (Phi) is 9.75.